The first-order valence-electron chi connectivity index (χ1n) is 6.05. The number of ether oxygens (including phenoxy) is 3. The van der Waals surface area contributed by atoms with Crippen molar-refractivity contribution >= 4 is 0 Å². The lowest BCUT2D eigenvalue weighted by molar-refractivity contribution is -0.314. The molecule has 18 heavy (non-hydrogen) atoms. The van der Waals surface area contributed by atoms with Crippen molar-refractivity contribution in [3.63, 3.8) is 0 Å². The van der Waals surface area contributed by atoms with Crippen molar-refractivity contribution in [3.8, 4) is 0 Å². The Morgan fingerprint density at radius 2 is 1.78 bits per heavy atom. The van der Waals surface area contributed by atoms with Crippen molar-refractivity contribution in [3.05, 3.63) is 35.9 Å². The van der Waals surface area contributed by atoms with Crippen molar-refractivity contribution in [2.45, 2.75) is 30.7 Å². The third-order valence-corrected chi connectivity index (χ3v) is 3.34. The van der Waals surface area contributed by atoms with Crippen LogP contribution in [0, 0.1) is 0 Å². The normalized spacial score (nSPS) is 40.2. The van der Waals surface area contributed by atoms with Gasteiger partial charge in [0.05, 0.1) is 13.2 Å². The van der Waals surface area contributed by atoms with Gasteiger partial charge in [-0.1, -0.05) is 30.3 Å². The van der Waals surface area contributed by atoms with Gasteiger partial charge in [0.1, 0.15) is 24.4 Å². The van der Waals surface area contributed by atoms with Gasteiger partial charge in [0, 0.05) is 5.56 Å². The molecule has 0 aliphatic carbocycles. The standard InChI is InChI=1S/C13H16O5/c14-9-6-16-10-7-17-13(18-12(10)11(9)15)8-4-2-1-3-5-8/h1-5,9-15H,6-7H2/t9-,10?,11?,12?,13?/m0/s1. The molecule has 5 atom stereocenters. The smallest absolute Gasteiger partial charge is 0.184 e. The van der Waals surface area contributed by atoms with Crippen LogP contribution in [-0.4, -0.2) is 47.8 Å². The molecular weight excluding hydrogens is 236 g/mol. The monoisotopic (exact) mass is 252 g/mol. The quantitative estimate of drug-likeness (QED) is 0.748. The molecule has 2 aliphatic rings. The fourth-order valence-electron chi connectivity index (χ4n) is 2.31. The molecule has 0 bridgehead atoms. The maximum absolute atomic E-state index is 9.93. The minimum absolute atomic E-state index is 0.116. The van der Waals surface area contributed by atoms with E-state index in [0.717, 1.165) is 5.56 Å². The SMILES string of the molecule is OC1C2OC(c3ccccc3)OCC2OC[C@@H]1O. The van der Waals surface area contributed by atoms with Crippen LogP contribution >= 0.6 is 0 Å². The predicted octanol–water partition coefficient (Wildman–Crippen LogP) is 0.221. The third-order valence-electron chi connectivity index (χ3n) is 3.34. The van der Waals surface area contributed by atoms with Gasteiger partial charge in [-0.3, -0.25) is 0 Å². The lowest BCUT2D eigenvalue weighted by Gasteiger charge is -2.43. The molecule has 0 radical (unpaired) electrons. The van der Waals surface area contributed by atoms with Crippen LogP contribution in [0.25, 0.3) is 0 Å². The summed E-state index contributed by atoms with van der Waals surface area (Å²) in [4.78, 5) is 0. The Balaban J connectivity index is 1.75. The molecule has 2 saturated heterocycles. The van der Waals surface area contributed by atoms with Crippen molar-refractivity contribution < 1.29 is 24.4 Å². The molecule has 5 heteroatoms. The molecule has 0 amide bonds. The van der Waals surface area contributed by atoms with Gasteiger partial charge >= 0.3 is 0 Å². The minimum atomic E-state index is -0.932. The Labute approximate surface area is 105 Å². The summed E-state index contributed by atoms with van der Waals surface area (Å²) in [6.45, 7) is 0.471. The first-order chi connectivity index (χ1) is 8.75. The molecule has 2 heterocycles. The van der Waals surface area contributed by atoms with Gasteiger partial charge in [-0.2, -0.15) is 0 Å². The van der Waals surface area contributed by atoms with E-state index in [1.54, 1.807) is 0 Å². The fraction of sp³-hybridized carbons (Fsp3) is 0.538. The lowest BCUT2D eigenvalue weighted by Crippen LogP contribution is -2.58. The largest absolute Gasteiger partial charge is 0.388 e. The Morgan fingerprint density at radius 3 is 2.56 bits per heavy atom. The van der Waals surface area contributed by atoms with Crippen molar-refractivity contribution in [2.24, 2.45) is 0 Å². The van der Waals surface area contributed by atoms with E-state index >= 15 is 0 Å². The van der Waals surface area contributed by atoms with Crippen molar-refractivity contribution in [2.75, 3.05) is 13.2 Å². The van der Waals surface area contributed by atoms with E-state index in [9.17, 15) is 10.2 Å². The molecule has 1 aromatic rings. The molecule has 98 valence electrons. The Morgan fingerprint density at radius 1 is 1.00 bits per heavy atom. The zero-order valence-corrected chi connectivity index (χ0v) is 9.81. The predicted molar refractivity (Wildman–Crippen MR) is 61.8 cm³/mol. The highest BCUT2D eigenvalue weighted by Gasteiger charge is 2.44. The van der Waals surface area contributed by atoms with Gasteiger partial charge in [-0.15, -0.1) is 0 Å². The summed E-state index contributed by atoms with van der Waals surface area (Å²) in [5.74, 6) is 0. The molecule has 0 saturated carbocycles. The van der Waals surface area contributed by atoms with E-state index in [1.807, 2.05) is 30.3 Å². The van der Waals surface area contributed by atoms with Crippen LogP contribution in [0.1, 0.15) is 11.9 Å². The molecule has 0 spiro atoms. The van der Waals surface area contributed by atoms with Crippen LogP contribution in [0.15, 0.2) is 30.3 Å². The number of hydrogen-bond donors (Lipinski definition) is 2. The minimum Gasteiger partial charge on any atom is -0.388 e. The summed E-state index contributed by atoms with van der Waals surface area (Å²) < 4.78 is 16.7. The lowest BCUT2D eigenvalue weighted by atomic mass is 9.99. The second-order valence-electron chi connectivity index (χ2n) is 4.61. The van der Waals surface area contributed by atoms with Crippen LogP contribution in [0.3, 0.4) is 0 Å². The van der Waals surface area contributed by atoms with Gasteiger partial charge in [-0.05, 0) is 0 Å². The van der Waals surface area contributed by atoms with Crippen LogP contribution in [-0.2, 0) is 14.2 Å². The maximum Gasteiger partial charge on any atom is 0.184 e. The second kappa shape index (κ2) is 4.95. The Bertz CT molecular complexity index is 394. The first kappa shape index (κ1) is 12.1. The van der Waals surface area contributed by atoms with E-state index in [-0.39, 0.29) is 12.7 Å². The highest BCUT2D eigenvalue weighted by molar-refractivity contribution is 5.16. The summed E-state index contributed by atoms with van der Waals surface area (Å²) in [6.07, 6.45) is -3.22. The van der Waals surface area contributed by atoms with Gasteiger partial charge in [-0.25, -0.2) is 0 Å². The molecule has 2 fully saturated rings. The summed E-state index contributed by atoms with van der Waals surface area (Å²) in [5.41, 5.74) is 0.892. The number of rotatable bonds is 1. The average Bonchev–Trinajstić information content (AvgIpc) is 2.44. The van der Waals surface area contributed by atoms with Gasteiger partial charge < -0.3 is 24.4 Å². The molecule has 2 aliphatic heterocycles. The molecule has 4 unspecified atom stereocenters. The number of hydrogen-bond acceptors (Lipinski definition) is 5. The molecule has 5 nitrogen and oxygen atoms in total. The molecule has 0 aromatic heterocycles. The zero-order chi connectivity index (χ0) is 12.5. The summed E-state index contributed by atoms with van der Waals surface area (Å²) >= 11 is 0. The highest BCUT2D eigenvalue weighted by Crippen LogP contribution is 2.31. The highest BCUT2D eigenvalue weighted by atomic mass is 16.7. The van der Waals surface area contributed by atoms with Crippen molar-refractivity contribution in [1.82, 2.24) is 0 Å². The van der Waals surface area contributed by atoms with Crippen LogP contribution < -0.4 is 0 Å². The summed E-state index contributed by atoms with van der Waals surface area (Å²) in [6, 6.07) is 9.51. The summed E-state index contributed by atoms with van der Waals surface area (Å²) in [5, 5.41) is 19.5. The van der Waals surface area contributed by atoms with E-state index in [2.05, 4.69) is 0 Å². The number of aliphatic hydroxyl groups excluding tert-OH is 2. The van der Waals surface area contributed by atoms with Gasteiger partial charge in [0.2, 0.25) is 0 Å². The Kier molecular flexibility index (Phi) is 3.32. The number of benzene rings is 1. The zero-order valence-electron chi connectivity index (χ0n) is 9.81. The van der Waals surface area contributed by atoms with Crippen LogP contribution in [0.4, 0.5) is 0 Å². The van der Waals surface area contributed by atoms with E-state index in [0.29, 0.717) is 6.61 Å². The Hall–Kier alpha value is -0.980. The van der Waals surface area contributed by atoms with Crippen LogP contribution in [0.5, 0.6) is 0 Å². The molecular formula is C13H16O5. The summed E-state index contributed by atoms with van der Waals surface area (Å²) in [7, 11) is 0. The van der Waals surface area contributed by atoms with E-state index in [1.165, 1.54) is 0 Å². The molecule has 1 aromatic carbocycles. The first-order valence-corrected chi connectivity index (χ1v) is 6.05. The number of aliphatic hydroxyl groups is 2. The fourth-order valence-corrected chi connectivity index (χ4v) is 2.31. The van der Waals surface area contributed by atoms with E-state index < -0.39 is 24.6 Å². The third kappa shape index (κ3) is 2.15. The molecule has 2 N–H and O–H groups in total. The van der Waals surface area contributed by atoms with Gasteiger partial charge in [0.15, 0.2) is 6.29 Å². The van der Waals surface area contributed by atoms with E-state index in [4.69, 9.17) is 14.2 Å². The van der Waals surface area contributed by atoms with Crippen molar-refractivity contribution in [1.29, 1.82) is 0 Å². The molecule has 3 rings (SSSR count). The second-order valence-corrected chi connectivity index (χ2v) is 4.61. The number of fused-ring (bicyclic) bond motifs is 1. The topological polar surface area (TPSA) is 68.2 Å². The van der Waals surface area contributed by atoms with Crippen LogP contribution in [0.2, 0.25) is 0 Å². The van der Waals surface area contributed by atoms with Gasteiger partial charge in [0.25, 0.3) is 0 Å². The maximum atomic E-state index is 9.93. The average molecular weight is 252 g/mol.